The fraction of sp³-hybridized carbons (Fsp3) is 0.308. The van der Waals surface area contributed by atoms with Crippen LogP contribution in [-0.4, -0.2) is 27.0 Å². The molecule has 3 rings (SSSR count). The van der Waals surface area contributed by atoms with Gasteiger partial charge in [0, 0.05) is 17.1 Å². The van der Waals surface area contributed by atoms with E-state index in [2.05, 4.69) is 26.1 Å². The number of hydrogen-bond acceptors (Lipinski definition) is 4. The second-order valence-electron chi connectivity index (χ2n) is 4.62. The van der Waals surface area contributed by atoms with E-state index in [4.69, 9.17) is 11.6 Å². The van der Waals surface area contributed by atoms with E-state index in [1.807, 2.05) is 29.2 Å². The molecule has 104 valence electrons. The van der Waals surface area contributed by atoms with Gasteiger partial charge in [0.1, 0.15) is 0 Å². The molecule has 0 bridgehead atoms. The number of aromatic nitrogens is 2. The number of carbonyl (C=O) groups is 1. The fourth-order valence-corrected chi connectivity index (χ4v) is 3.17. The molecule has 0 atom stereocenters. The average Bonchev–Trinajstić information content (AvgIpc) is 3.18. The Balaban J connectivity index is 1.83. The van der Waals surface area contributed by atoms with Gasteiger partial charge in [0.25, 0.3) is 5.91 Å². The molecule has 1 aliphatic rings. The van der Waals surface area contributed by atoms with Crippen LogP contribution in [0.1, 0.15) is 28.2 Å². The number of benzene rings is 1. The summed E-state index contributed by atoms with van der Waals surface area (Å²) < 4.78 is 1.30. The first-order valence-corrected chi connectivity index (χ1v) is 8.17. The molecule has 4 nitrogen and oxygen atoms in total. The van der Waals surface area contributed by atoms with E-state index in [1.54, 1.807) is 0 Å². The van der Waals surface area contributed by atoms with Gasteiger partial charge in [-0.1, -0.05) is 45.5 Å². The highest BCUT2D eigenvalue weighted by Crippen LogP contribution is 2.32. The van der Waals surface area contributed by atoms with Crippen molar-refractivity contribution in [2.24, 2.45) is 0 Å². The van der Waals surface area contributed by atoms with Crippen molar-refractivity contribution in [3.63, 3.8) is 0 Å². The predicted molar refractivity (Wildman–Crippen MR) is 82.0 cm³/mol. The van der Waals surface area contributed by atoms with Gasteiger partial charge in [0.2, 0.25) is 9.47 Å². The van der Waals surface area contributed by atoms with Crippen LogP contribution in [0.2, 0.25) is 4.47 Å². The Kier molecular flexibility index (Phi) is 4.05. The summed E-state index contributed by atoms with van der Waals surface area (Å²) in [4.78, 5) is 14.4. The molecule has 0 aliphatic heterocycles. The summed E-state index contributed by atoms with van der Waals surface area (Å²) >= 11 is 10.4. The molecule has 1 amide bonds. The molecular weight excluding hydrogens is 362 g/mol. The third kappa shape index (κ3) is 3.02. The molecule has 0 saturated heterocycles. The maximum absolute atomic E-state index is 12.5. The lowest BCUT2D eigenvalue weighted by Gasteiger charge is -2.21. The van der Waals surface area contributed by atoms with Crippen molar-refractivity contribution < 1.29 is 4.79 Å². The zero-order valence-corrected chi connectivity index (χ0v) is 13.6. The lowest BCUT2D eigenvalue weighted by molar-refractivity contribution is 0.0728. The van der Waals surface area contributed by atoms with Crippen LogP contribution in [0.4, 0.5) is 0 Å². The lowest BCUT2D eigenvalue weighted by atomic mass is 10.2. The van der Waals surface area contributed by atoms with Crippen LogP contribution in [0.25, 0.3) is 0 Å². The summed E-state index contributed by atoms with van der Waals surface area (Å²) in [6, 6.07) is 8.23. The molecule has 1 fully saturated rings. The van der Waals surface area contributed by atoms with Crippen molar-refractivity contribution in [2.45, 2.75) is 25.4 Å². The normalized spacial score (nSPS) is 14.3. The second-order valence-corrected chi connectivity index (χ2v) is 7.03. The van der Waals surface area contributed by atoms with Gasteiger partial charge in [0.15, 0.2) is 0 Å². The van der Waals surface area contributed by atoms with E-state index in [-0.39, 0.29) is 5.91 Å². The van der Waals surface area contributed by atoms with Gasteiger partial charge in [-0.3, -0.25) is 4.79 Å². The first kappa shape index (κ1) is 14.0. The highest BCUT2D eigenvalue weighted by atomic mass is 79.9. The maximum Gasteiger partial charge on any atom is 0.285 e. The molecule has 20 heavy (non-hydrogen) atoms. The van der Waals surface area contributed by atoms with Crippen LogP contribution >= 0.6 is 38.9 Å². The summed E-state index contributed by atoms with van der Waals surface area (Å²) in [5.41, 5.74) is 1.09. The van der Waals surface area contributed by atoms with Gasteiger partial charge in [-0.2, -0.15) is 0 Å². The lowest BCUT2D eigenvalue weighted by Crippen LogP contribution is -2.32. The third-order valence-corrected chi connectivity index (χ3v) is 4.91. The summed E-state index contributed by atoms with van der Waals surface area (Å²) in [5, 5.41) is 7.90. The maximum atomic E-state index is 12.5. The standard InChI is InChI=1S/C13H11BrClN3OS/c14-10-4-2-1-3-8(10)7-18(9-5-6-9)12(19)11-16-17-13(15)20-11/h1-4,9H,5-7H2. The molecule has 1 saturated carbocycles. The Morgan fingerprint density at radius 3 is 2.75 bits per heavy atom. The highest BCUT2D eigenvalue weighted by molar-refractivity contribution is 9.10. The van der Waals surface area contributed by atoms with E-state index in [0.717, 1.165) is 34.2 Å². The van der Waals surface area contributed by atoms with Gasteiger partial charge in [-0.25, -0.2) is 0 Å². The molecular formula is C13H11BrClN3OS. The van der Waals surface area contributed by atoms with Crippen LogP contribution in [0.3, 0.4) is 0 Å². The predicted octanol–water partition coefficient (Wildman–Crippen LogP) is 3.76. The summed E-state index contributed by atoms with van der Waals surface area (Å²) in [6.45, 7) is 0.572. The van der Waals surface area contributed by atoms with E-state index in [9.17, 15) is 4.79 Å². The molecule has 1 heterocycles. The minimum atomic E-state index is -0.0901. The van der Waals surface area contributed by atoms with E-state index < -0.39 is 0 Å². The zero-order valence-electron chi connectivity index (χ0n) is 10.4. The Bertz CT molecular complexity index is 644. The zero-order chi connectivity index (χ0) is 14.1. The van der Waals surface area contributed by atoms with Crippen LogP contribution in [-0.2, 0) is 6.54 Å². The minimum absolute atomic E-state index is 0.0901. The van der Waals surface area contributed by atoms with Gasteiger partial charge >= 0.3 is 0 Å². The molecule has 1 aromatic carbocycles. The molecule has 7 heteroatoms. The van der Waals surface area contributed by atoms with Gasteiger partial charge in [-0.15, -0.1) is 10.2 Å². The van der Waals surface area contributed by atoms with Gasteiger partial charge in [0.05, 0.1) is 0 Å². The Morgan fingerprint density at radius 2 is 2.15 bits per heavy atom. The minimum Gasteiger partial charge on any atom is -0.329 e. The van der Waals surface area contributed by atoms with Crippen LogP contribution in [0.15, 0.2) is 28.7 Å². The smallest absolute Gasteiger partial charge is 0.285 e. The van der Waals surface area contributed by atoms with Crippen molar-refractivity contribution in [1.29, 1.82) is 0 Å². The summed E-state index contributed by atoms with van der Waals surface area (Å²) in [7, 11) is 0. The quantitative estimate of drug-likeness (QED) is 0.821. The number of nitrogens with zero attached hydrogens (tertiary/aromatic N) is 3. The monoisotopic (exact) mass is 371 g/mol. The van der Waals surface area contributed by atoms with Crippen molar-refractivity contribution in [2.75, 3.05) is 0 Å². The molecule has 1 aliphatic carbocycles. The Labute approximate surface area is 133 Å². The number of hydrogen-bond donors (Lipinski definition) is 0. The SMILES string of the molecule is O=C(c1nnc(Cl)s1)N(Cc1ccccc1Br)C1CC1. The summed E-state index contributed by atoms with van der Waals surface area (Å²) in [6.07, 6.45) is 2.09. The fourth-order valence-electron chi connectivity index (χ4n) is 1.98. The Hall–Kier alpha value is -0.980. The average molecular weight is 373 g/mol. The number of rotatable bonds is 4. The van der Waals surface area contributed by atoms with Crippen molar-refractivity contribution in [3.8, 4) is 0 Å². The first-order valence-electron chi connectivity index (χ1n) is 6.18. The highest BCUT2D eigenvalue weighted by Gasteiger charge is 2.34. The van der Waals surface area contributed by atoms with Gasteiger partial charge < -0.3 is 4.90 Å². The number of amides is 1. The number of halogens is 2. The van der Waals surface area contributed by atoms with E-state index in [0.29, 0.717) is 22.1 Å². The van der Waals surface area contributed by atoms with Crippen molar-refractivity contribution in [3.05, 3.63) is 43.8 Å². The second kappa shape index (κ2) is 5.79. The van der Waals surface area contributed by atoms with Crippen LogP contribution in [0.5, 0.6) is 0 Å². The first-order chi connectivity index (χ1) is 9.65. The van der Waals surface area contributed by atoms with Crippen molar-refractivity contribution >= 4 is 44.8 Å². The van der Waals surface area contributed by atoms with Gasteiger partial charge in [-0.05, 0) is 36.1 Å². The Morgan fingerprint density at radius 1 is 1.40 bits per heavy atom. The largest absolute Gasteiger partial charge is 0.329 e. The van der Waals surface area contributed by atoms with E-state index in [1.165, 1.54) is 0 Å². The molecule has 2 aromatic rings. The van der Waals surface area contributed by atoms with Crippen LogP contribution < -0.4 is 0 Å². The molecule has 1 aromatic heterocycles. The molecule has 0 spiro atoms. The molecule has 0 unspecified atom stereocenters. The van der Waals surface area contributed by atoms with E-state index >= 15 is 0 Å². The topological polar surface area (TPSA) is 46.1 Å². The third-order valence-electron chi connectivity index (χ3n) is 3.13. The van der Waals surface area contributed by atoms with Crippen molar-refractivity contribution in [1.82, 2.24) is 15.1 Å². The molecule has 0 N–H and O–H groups in total. The molecule has 0 radical (unpaired) electrons. The summed E-state index contributed by atoms with van der Waals surface area (Å²) in [5.74, 6) is -0.0901. The number of carbonyl (C=O) groups excluding carboxylic acids is 1. The van der Waals surface area contributed by atoms with Crippen LogP contribution in [0, 0.1) is 0 Å².